The van der Waals surface area contributed by atoms with E-state index in [0.717, 1.165) is 60.1 Å². The third kappa shape index (κ3) is 7.26. The number of carbonyl (C=O) groups excluding carboxylic acids is 3. The number of fused-ring (bicyclic) bond motifs is 1. The summed E-state index contributed by atoms with van der Waals surface area (Å²) in [7, 11) is 0. The molecule has 4 aliphatic rings. The minimum absolute atomic E-state index is 0.0449. The SMILES string of the molecule is O=C(CC(Cc1cccc(Br)c1)C(=O)N1CCC(N2CCCCC2)CC1)N1CCC(N2Cc3ccccc3NC2=O)CC1. The highest BCUT2D eigenvalue weighted by atomic mass is 79.9. The normalized spacial score (nSPS) is 21.3. The number of hydrogen-bond donors (Lipinski definition) is 1. The van der Waals surface area contributed by atoms with Gasteiger partial charge in [0.05, 0.1) is 5.92 Å². The van der Waals surface area contributed by atoms with Crippen LogP contribution < -0.4 is 5.32 Å². The number of rotatable bonds is 7. The van der Waals surface area contributed by atoms with E-state index in [0.29, 0.717) is 32.1 Å². The van der Waals surface area contributed by atoms with E-state index in [9.17, 15) is 14.4 Å². The number of urea groups is 1. The first-order chi connectivity index (χ1) is 20.9. The molecule has 1 atom stereocenters. The third-order valence-electron chi connectivity index (χ3n) is 9.94. The van der Waals surface area contributed by atoms with Crippen molar-refractivity contribution in [3.63, 3.8) is 0 Å². The second-order valence-electron chi connectivity index (χ2n) is 12.7. The molecule has 9 heteroatoms. The molecule has 0 saturated carbocycles. The van der Waals surface area contributed by atoms with Crippen LogP contribution in [0.1, 0.15) is 62.5 Å². The molecule has 3 saturated heterocycles. The molecule has 4 heterocycles. The fourth-order valence-electron chi connectivity index (χ4n) is 7.47. The molecule has 0 radical (unpaired) electrons. The van der Waals surface area contributed by atoms with Crippen molar-refractivity contribution in [2.45, 2.75) is 76.4 Å². The summed E-state index contributed by atoms with van der Waals surface area (Å²) in [5.74, 6) is -0.220. The summed E-state index contributed by atoms with van der Waals surface area (Å²) >= 11 is 3.57. The van der Waals surface area contributed by atoms with Crippen LogP contribution in [0, 0.1) is 5.92 Å². The van der Waals surface area contributed by atoms with Gasteiger partial charge in [-0.1, -0.05) is 52.7 Å². The molecule has 0 bridgehead atoms. The number of amides is 4. The minimum atomic E-state index is -0.379. The van der Waals surface area contributed by atoms with Crippen molar-refractivity contribution in [2.75, 3.05) is 44.6 Å². The van der Waals surface area contributed by atoms with Crippen LogP contribution in [0.15, 0.2) is 53.0 Å². The summed E-state index contributed by atoms with van der Waals surface area (Å²) in [6, 6.07) is 16.6. The zero-order valence-electron chi connectivity index (χ0n) is 25.1. The van der Waals surface area contributed by atoms with Gasteiger partial charge in [-0.3, -0.25) is 9.59 Å². The van der Waals surface area contributed by atoms with Gasteiger partial charge < -0.3 is 24.9 Å². The van der Waals surface area contributed by atoms with Crippen molar-refractivity contribution in [3.8, 4) is 0 Å². The second kappa shape index (κ2) is 13.8. The van der Waals surface area contributed by atoms with Gasteiger partial charge >= 0.3 is 6.03 Å². The highest BCUT2D eigenvalue weighted by Gasteiger charge is 2.36. The Labute approximate surface area is 263 Å². The van der Waals surface area contributed by atoms with Crippen molar-refractivity contribution < 1.29 is 14.4 Å². The Hall–Kier alpha value is -2.91. The lowest BCUT2D eigenvalue weighted by molar-refractivity contribution is -0.143. The van der Waals surface area contributed by atoms with Crippen molar-refractivity contribution in [1.82, 2.24) is 19.6 Å². The van der Waals surface area contributed by atoms with Gasteiger partial charge in [0, 0.05) is 61.4 Å². The average molecular weight is 651 g/mol. The van der Waals surface area contributed by atoms with Gasteiger partial charge in [-0.15, -0.1) is 0 Å². The Morgan fingerprint density at radius 1 is 0.837 bits per heavy atom. The summed E-state index contributed by atoms with van der Waals surface area (Å²) in [4.78, 5) is 48.9. The molecule has 8 nitrogen and oxygen atoms in total. The smallest absolute Gasteiger partial charge is 0.322 e. The zero-order chi connectivity index (χ0) is 29.8. The first-order valence-electron chi connectivity index (χ1n) is 16.1. The number of halogens is 1. The van der Waals surface area contributed by atoms with E-state index in [2.05, 4.69) is 38.3 Å². The van der Waals surface area contributed by atoms with Crippen LogP contribution in [0.3, 0.4) is 0 Å². The number of para-hydroxylation sites is 1. The van der Waals surface area contributed by atoms with Crippen molar-refractivity contribution in [2.24, 2.45) is 5.92 Å². The first-order valence-corrected chi connectivity index (χ1v) is 16.9. The van der Waals surface area contributed by atoms with Crippen LogP contribution >= 0.6 is 15.9 Å². The summed E-state index contributed by atoms with van der Waals surface area (Å²) in [5.41, 5.74) is 3.07. The fourth-order valence-corrected chi connectivity index (χ4v) is 7.92. The predicted molar refractivity (Wildman–Crippen MR) is 172 cm³/mol. The number of anilines is 1. The van der Waals surface area contributed by atoms with E-state index in [4.69, 9.17) is 0 Å². The topological polar surface area (TPSA) is 76.2 Å². The van der Waals surface area contributed by atoms with E-state index in [1.165, 1.54) is 32.4 Å². The number of carbonyl (C=O) groups is 3. The fraction of sp³-hybridized carbons (Fsp3) is 0.559. The maximum Gasteiger partial charge on any atom is 0.322 e. The van der Waals surface area contributed by atoms with Crippen LogP contribution in [0.4, 0.5) is 10.5 Å². The van der Waals surface area contributed by atoms with E-state index in [1.54, 1.807) is 0 Å². The lowest BCUT2D eigenvalue weighted by Crippen LogP contribution is -2.52. The quantitative estimate of drug-likeness (QED) is 0.429. The molecule has 4 aliphatic heterocycles. The van der Waals surface area contributed by atoms with Gasteiger partial charge in [0.15, 0.2) is 0 Å². The van der Waals surface area contributed by atoms with Gasteiger partial charge in [-0.05, 0) is 87.4 Å². The number of likely N-dealkylation sites (tertiary alicyclic amines) is 3. The molecule has 0 spiro atoms. The molecule has 2 aromatic rings. The molecular formula is C34H44BrN5O3. The number of piperidine rings is 3. The molecule has 230 valence electrons. The summed E-state index contributed by atoms with van der Waals surface area (Å²) in [5, 5.41) is 3.02. The van der Waals surface area contributed by atoms with E-state index < -0.39 is 0 Å². The van der Waals surface area contributed by atoms with Crippen molar-refractivity contribution in [3.05, 3.63) is 64.1 Å². The Morgan fingerprint density at radius 3 is 2.28 bits per heavy atom. The minimum Gasteiger partial charge on any atom is -0.343 e. The monoisotopic (exact) mass is 649 g/mol. The molecule has 3 fully saturated rings. The maximum absolute atomic E-state index is 14.0. The summed E-state index contributed by atoms with van der Waals surface area (Å²) < 4.78 is 0.983. The first kappa shape index (κ1) is 30.1. The summed E-state index contributed by atoms with van der Waals surface area (Å²) in [6.45, 7) is 5.72. The number of nitrogens with zero attached hydrogens (tertiary/aromatic N) is 4. The molecule has 2 aromatic carbocycles. The highest BCUT2D eigenvalue weighted by molar-refractivity contribution is 9.10. The van der Waals surface area contributed by atoms with E-state index in [1.807, 2.05) is 51.1 Å². The number of hydrogen-bond acceptors (Lipinski definition) is 4. The second-order valence-corrected chi connectivity index (χ2v) is 13.6. The van der Waals surface area contributed by atoms with Crippen LogP contribution in [-0.4, -0.2) is 88.8 Å². The van der Waals surface area contributed by atoms with E-state index >= 15 is 0 Å². The van der Waals surface area contributed by atoms with Crippen molar-refractivity contribution >= 4 is 39.5 Å². The van der Waals surface area contributed by atoms with Crippen LogP contribution in [0.2, 0.25) is 0 Å². The van der Waals surface area contributed by atoms with Gasteiger partial charge in [0.25, 0.3) is 0 Å². The highest BCUT2D eigenvalue weighted by Crippen LogP contribution is 2.29. The number of benzene rings is 2. The lowest BCUT2D eigenvalue weighted by atomic mass is 9.91. The van der Waals surface area contributed by atoms with Crippen LogP contribution in [-0.2, 0) is 22.6 Å². The zero-order valence-corrected chi connectivity index (χ0v) is 26.6. The largest absolute Gasteiger partial charge is 0.343 e. The van der Waals surface area contributed by atoms with Crippen LogP contribution in [0.25, 0.3) is 0 Å². The Bertz CT molecular complexity index is 1300. The average Bonchev–Trinajstić information content (AvgIpc) is 3.04. The standard InChI is InChI=1S/C34H44BrN5O3/c35-28-9-6-7-25(22-28)21-27(33(42)39-19-11-29(12-20-39)37-15-4-1-5-16-37)23-32(41)38-17-13-30(14-18-38)40-24-26-8-2-3-10-31(26)36-34(40)43/h2-3,6-10,22,27,29-30H,1,4-5,11-21,23-24H2,(H,36,43). The van der Waals surface area contributed by atoms with Gasteiger partial charge in [-0.25, -0.2) is 4.79 Å². The Morgan fingerprint density at radius 2 is 1.53 bits per heavy atom. The molecule has 4 amide bonds. The Balaban J connectivity index is 1.07. The Kier molecular flexibility index (Phi) is 9.67. The van der Waals surface area contributed by atoms with Gasteiger partial charge in [-0.2, -0.15) is 0 Å². The van der Waals surface area contributed by atoms with Gasteiger partial charge in [0.2, 0.25) is 11.8 Å². The number of nitrogens with one attached hydrogen (secondary N) is 1. The third-order valence-corrected chi connectivity index (χ3v) is 10.4. The van der Waals surface area contributed by atoms with Crippen molar-refractivity contribution in [1.29, 1.82) is 0 Å². The maximum atomic E-state index is 14.0. The lowest BCUT2D eigenvalue weighted by Gasteiger charge is -2.41. The molecule has 0 aliphatic carbocycles. The molecule has 1 unspecified atom stereocenters. The van der Waals surface area contributed by atoms with Crippen LogP contribution in [0.5, 0.6) is 0 Å². The molecule has 6 rings (SSSR count). The molecule has 43 heavy (non-hydrogen) atoms. The van der Waals surface area contributed by atoms with E-state index in [-0.39, 0.29) is 36.2 Å². The molecule has 0 aromatic heterocycles. The molecular weight excluding hydrogens is 606 g/mol. The summed E-state index contributed by atoms with van der Waals surface area (Å²) in [6.07, 6.45) is 8.21. The predicted octanol–water partition coefficient (Wildman–Crippen LogP) is 5.51. The van der Waals surface area contributed by atoms with Gasteiger partial charge in [0.1, 0.15) is 0 Å². The molecule has 1 N–H and O–H groups in total.